The number of ether oxygens (including phenoxy) is 1. The van der Waals surface area contributed by atoms with Gasteiger partial charge in [-0.25, -0.2) is 0 Å². The number of hydrogen-bond acceptors (Lipinski definition) is 5. The molecular formula is C29H29Cl2IN4O3. The van der Waals surface area contributed by atoms with Gasteiger partial charge < -0.3 is 20.3 Å². The number of rotatable bonds is 6. The van der Waals surface area contributed by atoms with E-state index in [2.05, 4.69) is 27.5 Å². The summed E-state index contributed by atoms with van der Waals surface area (Å²) in [6.07, 6.45) is 0. The van der Waals surface area contributed by atoms with Crippen molar-refractivity contribution in [2.45, 2.75) is 19.0 Å². The fraction of sp³-hybridized carbons (Fsp3) is 0.310. The van der Waals surface area contributed by atoms with Crippen LogP contribution in [-0.2, 0) is 9.53 Å². The number of carbonyl (C=O) groups is 2. The van der Waals surface area contributed by atoms with Gasteiger partial charge >= 0.3 is 0 Å². The fourth-order valence-corrected chi connectivity index (χ4v) is 6.07. The Morgan fingerprint density at radius 2 is 1.67 bits per heavy atom. The van der Waals surface area contributed by atoms with Crippen molar-refractivity contribution >= 4 is 69.0 Å². The maximum absolute atomic E-state index is 14.6. The number of fused-ring (bicyclic) bond motifs is 1. The lowest BCUT2D eigenvalue weighted by molar-refractivity contribution is -0.123. The normalized spacial score (nSPS) is 19.1. The molecule has 204 valence electrons. The molecule has 2 aliphatic heterocycles. The van der Waals surface area contributed by atoms with E-state index in [4.69, 9.17) is 33.7 Å². The molecule has 0 aromatic heterocycles. The summed E-state index contributed by atoms with van der Waals surface area (Å²) >= 11 is 14.6. The minimum atomic E-state index is -0.894. The van der Waals surface area contributed by atoms with E-state index < -0.39 is 12.1 Å². The predicted octanol–water partition coefficient (Wildman–Crippen LogP) is 5.80. The van der Waals surface area contributed by atoms with Crippen molar-refractivity contribution in [1.82, 2.24) is 9.80 Å². The number of nitrogen functional groups attached to an aromatic ring is 1. The first-order chi connectivity index (χ1) is 18.7. The second-order valence-electron chi connectivity index (χ2n) is 9.72. The standard InChI is InChI=1S/C29H29Cl2IN4O3/c1-18(23-8-6-21(31)16-25(23)33)36-27(19-2-4-20(30)5-3-19)29(38)35(11-10-34-12-14-39-15-13-34)26-9-7-22(32)17-24(26)28(36)37/h2-9,16-18,27H,10-15,33H2,1H3/t18-,27?/m1/s1. The number of amides is 2. The molecule has 5 rings (SSSR count). The number of nitrogens with zero attached hydrogens (tertiary/aromatic N) is 3. The zero-order chi connectivity index (χ0) is 27.7. The van der Waals surface area contributed by atoms with Crippen LogP contribution in [0.15, 0.2) is 60.7 Å². The smallest absolute Gasteiger partial charge is 0.257 e. The molecule has 0 spiro atoms. The average Bonchev–Trinajstić information content (AvgIpc) is 3.01. The monoisotopic (exact) mass is 678 g/mol. The Kier molecular flexibility index (Phi) is 8.68. The van der Waals surface area contributed by atoms with Crippen LogP contribution in [0.5, 0.6) is 0 Å². The molecule has 3 aromatic carbocycles. The summed E-state index contributed by atoms with van der Waals surface area (Å²) < 4.78 is 6.40. The van der Waals surface area contributed by atoms with Crippen molar-refractivity contribution < 1.29 is 14.3 Å². The fourth-order valence-electron chi connectivity index (χ4n) is 5.28. The first-order valence-corrected chi connectivity index (χ1v) is 14.6. The molecule has 0 aliphatic carbocycles. The van der Waals surface area contributed by atoms with Gasteiger partial charge in [-0.1, -0.05) is 41.4 Å². The quantitative estimate of drug-likeness (QED) is 0.263. The highest BCUT2D eigenvalue weighted by Gasteiger charge is 2.43. The summed E-state index contributed by atoms with van der Waals surface area (Å²) in [4.78, 5) is 34.7. The molecule has 2 amide bonds. The van der Waals surface area contributed by atoms with E-state index in [1.54, 1.807) is 34.1 Å². The largest absolute Gasteiger partial charge is 0.398 e. The summed E-state index contributed by atoms with van der Waals surface area (Å²) in [5, 5.41) is 1.06. The van der Waals surface area contributed by atoms with Gasteiger partial charge in [-0.2, -0.15) is 0 Å². The summed E-state index contributed by atoms with van der Waals surface area (Å²) in [5.74, 6) is -0.425. The molecular weight excluding hydrogens is 650 g/mol. The van der Waals surface area contributed by atoms with Gasteiger partial charge in [0.05, 0.1) is 30.5 Å². The van der Waals surface area contributed by atoms with Gasteiger partial charge in [-0.05, 0) is 83.1 Å². The molecule has 2 N–H and O–H groups in total. The van der Waals surface area contributed by atoms with Gasteiger partial charge in [0.25, 0.3) is 11.8 Å². The van der Waals surface area contributed by atoms with E-state index >= 15 is 0 Å². The zero-order valence-corrected chi connectivity index (χ0v) is 25.1. The van der Waals surface area contributed by atoms with E-state index in [0.717, 1.165) is 16.7 Å². The van der Waals surface area contributed by atoms with Crippen LogP contribution >= 0.6 is 45.8 Å². The lowest BCUT2D eigenvalue weighted by Crippen LogP contribution is -2.47. The molecule has 0 bridgehead atoms. The Morgan fingerprint density at radius 1 is 0.974 bits per heavy atom. The molecule has 10 heteroatoms. The van der Waals surface area contributed by atoms with Gasteiger partial charge in [0.1, 0.15) is 6.04 Å². The Hall–Kier alpha value is -2.37. The highest BCUT2D eigenvalue weighted by molar-refractivity contribution is 14.1. The molecule has 2 heterocycles. The van der Waals surface area contributed by atoms with Crippen LogP contribution in [0.4, 0.5) is 11.4 Å². The second-order valence-corrected chi connectivity index (χ2v) is 11.8. The molecule has 2 atom stereocenters. The van der Waals surface area contributed by atoms with Crippen LogP contribution in [0.3, 0.4) is 0 Å². The van der Waals surface area contributed by atoms with Crippen molar-refractivity contribution in [1.29, 1.82) is 0 Å². The van der Waals surface area contributed by atoms with E-state index in [0.29, 0.717) is 64.4 Å². The molecule has 0 saturated carbocycles. The topological polar surface area (TPSA) is 79.1 Å². The van der Waals surface area contributed by atoms with Crippen molar-refractivity contribution in [3.63, 3.8) is 0 Å². The van der Waals surface area contributed by atoms with E-state index in [-0.39, 0.29) is 11.8 Å². The lowest BCUT2D eigenvalue weighted by atomic mass is 9.97. The molecule has 1 saturated heterocycles. The van der Waals surface area contributed by atoms with Gasteiger partial charge in [0.15, 0.2) is 0 Å². The summed E-state index contributed by atoms with van der Waals surface area (Å²) in [7, 11) is 0. The highest BCUT2D eigenvalue weighted by Crippen LogP contribution is 2.41. The first kappa shape index (κ1) is 28.2. The Labute approximate surface area is 251 Å². The number of nitrogens with two attached hydrogens (primary N) is 1. The summed E-state index contributed by atoms with van der Waals surface area (Å²) in [5.41, 5.74) is 9.32. The minimum absolute atomic E-state index is 0.182. The van der Waals surface area contributed by atoms with Gasteiger partial charge in [-0.15, -0.1) is 0 Å². The van der Waals surface area contributed by atoms with Gasteiger partial charge in [-0.3, -0.25) is 14.5 Å². The Bertz CT molecular complexity index is 1380. The van der Waals surface area contributed by atoms with Crippen LogP contribution in [0, 0.1) is 3.57 Å². The number of benzene rings is 3. The van der Waals surface area contributed by atoms with Crippen LogP contribution in [0.2, 0.25) is 10.0 Å². The number of carbonyl (C=O) groups excluding carboxylic acids is 2. The van der Waals surface area contributed by atoms with Crippen molar-refractivity contribution in [3.05, 3.63) is 91.0 Å². The zero-order valence-electron chi connectivity index (χ0n) is 21.4. The van der Waals surface area contributed by atoms with E-state index in [1.165, 1.54) is 0 Å². The van der Waals surface area contributed by atoms with Crippen molar-refractivity contribution in [2.75, 3.05) is 50.0 Å². The number of morpholine rings is 1. The van der Waals surface area contributed by atoms with E-state index in [9.17, 15) is 9.59 Å². The number of anilines is 2. The molecule has 7 nitrogen and oxygen atoms in total. The maximum Gasteiger partial charge on any atom is 0.257 e. The van der Waals surface area contributed by atoms with E-state index in [1.807, 2.05) is 43.3 Å². The molecule has 3 aromatic rings. The Balaban J connectivity index is 1.64. The van der Waals surface area contributed by atoms with Crippen LogP contribution < -0.4 is 10.6 Å². The first-order valence-electron chi connectivity index (χ1n) is 12.8. The SMILES string of the molecule is C[C@H](c1ccc(Cl)cc1N)N1C(=O)c2cc(I)ccc2N(CCN2CCOCC2)C(=O)C1c1ccc(Cl)cc1. The van der Waals surface area contributed by atoms with Crippen LogP contribution in [0.1, 0.15) is 40.5 Å². The van der Waals surface area contributed by atoms with Crippen LogP contribution in [0.25, 0.3) is 0 Å². The van der Waals surface area contributed by atoms with Gasteiger partial charge in [0, 0.05) is 45.5 Å². The summed E-state index contributed by atoms with van der Waals surface area (Å²) in [6, 6.07) is 16.6. The molecule has 39 heavy (non-hydrogen) atoms. The Morgan fingerprint density at radius 3 is 2.36 bits per heavy atom. The summed E-state index contributed by atoms with van der Waals surface area (Å²) in [6.45, 7) is 5.95. The van der Waals surface area contributed by atoms with Gasteiger partial charge in [0.2, 0.25) is 0 Å². The molecule has 0 radical (unpaired) electrons. The van der Waals surface area contributed by atoms with Crippen molar-refractivity contribution in [3.8, 4) is 0 Å². The van der Waals surface area contributed by atoms with Crippen LogP contribution in [-0.4, -0.2) is 61.0 Å². The molecule has 2 aliphatic rings. The highest BCUT2D eigenvalue weighted by atomic mass is 127. The molecule has 1 fully saturated rings. The number of hydrogen-bond donors (Lipinski definition) is 1. The third-order valence-corrected chi connectivity index (χ3v) is 8.50. The third-order valence-electron chi connectivity index (χ3n) is 7.34. The predicted molar refractivity (Wildman–Crippen MR) is 163 cm³/mol. The minimum Gasteiger partial charge on any atom is -0.398 e. The lowest BCUT2D eigenvalue weighted by Gasteiger charge is -2.36. The average molecular weight is 679 g/mol. The second kappa shape index (κ2) is 12.0. The molecule has 1 unspecified atom stereocenters. The van der Waals surface area contributed by atoms with Crippen molar-refractivity contribution in [2.24, 2.45) is 0 Å². The maximum atomic E-state index is 14.6. The third kappa shape index (κ3) is 5.90. The number of halogens is 3.